The summed E-state index contributed by atoms with van der Waals surface area (Å²) in [5, 5.41) is 3.29. The summed E-state index contributed by atoms with van der Waals surface area (Å²) in [4.78, 5) is 13.6. The Hall–Kier alpha value is -1.37. The first-order valence-corrected chi connectivity index (χ1v) is 6.94. The lowest BCUT2D eigenvalue weighted by atomic mass is 10.2. The molecule has 0 aliphatic carbocycles. The third-order valence-corrected chi connectivity index (χ3v) is 3.39. The monoisotopic (exact) mass is 282 g/mol. The molecule has 1 aliphatic rings. The molecule has 0 spiro atoms. The first-order chi connectivity index (χ1) is 9.72. The van der Waals surface area contributed by atoms with E-state index in [1.165, 1.54) is 7.11 Å². The molecule has 1 aliphatic heterocycles. The Morgan fingerprint density at radius 2 is 2.40 bits per heavy atom. The zero-order valence-corrected chi connectivity index (χ0v) is 12.1. The molecule has 1 aromatic heterocycles. The molecule has 0 aromatic carbocycles. The molecule has 1 fully saturated rings. The van der Waals surface area contributed by atoms with Crippen molar-refractivity contribution in [2.45, 2.75) is 19.6 Å². The maximum Gasteiger partial charge on any atom is 0.373 e. The average molecular weight is 282 g/mol. The molecule has 6 heteroatoms. The topological polar surface area (TPSA) is 63.9 Å². The van der Waals surface area contributed by atoms with E-state index < -0.39 is 5.97 Å². The molecule has 2 rings (SSSR count). The van der Waals surface area contributed by atoms with E-state index in [0.29, 0.717) is 12.3 Å². The number of carbonyl (C=O) groups is 1. The molecule has 0 amide bonds. The largest absolute Gasteiger partial charge is 0.463 e. The fourth-order valence-corrected chi connectivity index (χ4v) is 2.23. The SMILES string of the molecule is CCN1CCOC(CNCc2ccc(C(=O)OC)o2)C1. The zero-order valence-electron chi connectivity index (χ0n) is 12.1. The van der Waals surface area contributed by atoms with Crippen LogP contribution in [0.5, 0.6) is 0 Å². The van der Waals surface area contributed by atoms with Crippen LogP contribution in [0.3, 0.4) is 0 Å². The van der Waals surface area contributed by atoms with Gasteiger partial charge in [-0.15, -0.1) is 0 Å². The predicted octanol–water partition coefficient (Wildman–Crippen LogP) is 0.877. The minimum atomic E-state index is -0.453. The summed E-state index contributed by atoms with van der Waals surface area (Å²) in [7, 11) is 1.34. The highest BCUT2D eigenvalue weighted by Gasteiger charge is 2.19. The lowest BCUT2D eigenvalue weighted by Gasteiger charge is -2.32. The van der Waals surface area contributed by atoms with Gasteiger partial charge in [-0.2, -0.15) is 0 Å². The Morgan fingerprint density at radius 3 is 3.15 bits per heavy atom. The number of nitrogens with zero attached hydrogens (tertiary/aromatic N) is 1. The van der Waals surface area contributed by atoms with Gasteiger partial charge in [-0.05, 0) is 18.7 Å². The van der Waals surface area contributed by atoms with E-state index in [0.717, 1.165) is 32.8 Å². The van der Waals surface area contributed by atoms with E-state index in [1.807, 2.05) is 0 Å². The van der Waals surface area contributed by atoms with Crippen LogP contribution >= 0.6 is 0 Å². The Kier molecular flexibility index (Phi) is 5.58. The Balaban J connectivity index is 1.72. The lowest BCUT2D eigenvalue weighted by molar-refractivity contribution is -0.0255. The second-order valence-electron chi connectivity index (χ2n) is 4.77. The van der Waals surface area contributed by atoms with Crippen LogP contribution in [0.15, 0.2) is 16.5 Å². The van der Waals surface area contributed by atoms with Gasteiger partial charge in [0, 0.05) is 19.6 Å². The zero-order chi connectivity index (χ0) is 14.4. The smallest absolute Gasteiger partial charge is 0.373 e. The molecule has 112 valence electrons. The van der Waals surface area contributed by atoms with Crippen LogP contribution < -0.4 is 5.32 Å². The van der Waals surface area contributed by atoms with Gasteiger partial charge in [0.25, 0.3) is 0 Å². The van der Waals surface area contributed by atoms with Crippen molar-refractivity contribution in [3.8, 4) is 0 Å². The van der Waals surface area contributed by atoms with Gasteiger partial charge in [-0.1, -0.05) is 6.92 Å². The Labute approximate surface area is 119 Å². The van der Waals surface area contributed by atoms with E-state index in [2.05, 4.69) is 21.9 Å². The summed E-state index contributed by atoms with van der Waals surface area (Å²) in [5.74, 6) is 0.495. The normalized spacial score (nSPS) is 20.0. The van der Waals surface area contributed by atoms with Crippen molar-refractivity contribution in [1.82, 2.24) is 10.2 Å². The summed E-state index contributed by atoms with van der Waals surface area (Å²) in [6.45, 7) is 7.30. The molecule has 1 unspecified atom stereocenters. The maximum atomic E-state index is 11.3. The van der Waals surface area contributed by atoms with Crippen LogP contribution in [0.4, 0.5) is 0 Å². The van der Waals surface area contributed by atoms with Gasteiger partial charge >= 0.3 is 5.97 Å². The second kappa shape index (κ2) is 7.42. The summed E-state index contributed by atoms with van der Waals surface area (Å²) in [5.41, 5.74) is 0. The molecule has 2 heterocycles. The third kappa shape index (κ3) is 4.06. The second-order valence-corrected chi connectivity index (χ2v) is 4.77. The molecule has 1 aromatic rings. The summed E-state index contributed by atoms with van der Waals surface area (Å²) in [6.07, 6.45) is 0.207. The van der Waals surface area contributed by atoms with Crippen molar-refractivity contribution in [3.05, 3.63) is 23.7 Å². The molecule has 1 atom stereocenters. The Bertz CT molecular complexity index is 433. The average Bonchev–Trinajstić information content (AvgIpc) is 2.95. The number of hydrogen-bond acceptors (Lipinski definition) is 6. The first kappa shape index (κ1) is 15.0. The quantitative estimate of drug-likeness (QED) is 0.781. The van der Waals surface area contributed by atoms with Crippen LogP contribution in [0, 0.1) is 0 Å². The number of nitrogens with one attached hydrogen (secondary N) is 1. The van der Waals surface area contributed by atoms with Gasteiger partial charge in [-0.25, -0.2) is 4.79 Å². The number of likely N-dealkylation sites (N-methyl/N-ethyl adjacent to an activating group) is 1. The number of methoxy groups -OCH3 is 1. The lowest BCUT2D eigenvalue weighted by Crippen LogP contribution is -2.46. The number of furan rings is 1. The number of hydrogen-bond donors (Lipinski definition) is 1. The van der Waals surface area contributed by atoms with Crippen LogP contribution in [-0.2, 0) is 16.0 Å². The fraction of sp³-hybridized carbons (Fsp3) is 0.643. The van der Waals surface area contributed by atoms with Crippen LogP contribution in [0.25, 0.3) is 0 Å². The highest BCUT2D eigenvalue weighted by Crippen LogP contribution is 2.09. The Morgan fingerprint density at radius 1 is 1.55 bits per heavy atom. The van der Waals surface area contributed by atoms with Crippen LogP contribution in [0.2, 0.25) is 0 Å². The molecular weight excluding hydrogens is 260 g/mol. The van der Waals surface area contributed by atoms with Crippen molar-refractivity contribution in [1.29, 1.82) is 0 Å². The van der Waals surface area contributed by atoms with Crippen molar-refractivity contribution >= 4 is 5.97 Å². The van der Waals surface area contributed by atoms with Crippen LogP contribution in [0.1, 0.15) is 23.2 Å². The molecular formula is C14H22N2O4. The van der Waals surface area contributed by atoms with Crippen molar-refractivity contribution in [2.75, 3.05) is 39.9 Å². The first-order valence-electron chi connectivity index (χ1n) is 6.94. The summed E-state index contributed by atoms with van der Waals surface area (Å²) < 4.78 is 15.7. The molecule has 0 saturated carbocycles. The van der Waals surface area contributed by atoms with Crippen molar-refractivity contribution in [2.24, 2.45) is 0 Å². The number of rotatable bonds is 6. The van der Waals surface area contributed by atoms with Gasteiger partial charge in [0.15, 0.2) is 0 Å². The number of esters is 1. The fourth-order valence-electron chi connectivity index (χ4n) is 2.23. The highest BCUT2D eigenvalue weighted by molar-refractivity contribution is 5.86. The number of ether oxygens (including phenoxy) is 2. The van der Waals surface area contributed by atoms with Gasteiger partial charge in [0.2, 0.25) is 5.76 Å². The molecule has 1 N–H and O–H groups in total. The van der Waals surface area contributed by atoms with E-state index in [-0.39, 0.29) is 11.9 Å². The van der Waals surface area contributed by atoms with Gasteiger partial charge in [0.1, 0.15) is 5.76 Å². The predicted molar refractivity (Wildman–Crippen MR) is 73.6 cm³/mol. The van der Waals surface area contributed by atoms with E-state index in [9.17, 15) is 4.79 Å². The van der Waals surface area contributed by atoms with Gasteiger partial charge in [-0.3, -0.25) is 4.90 Å². The standard InChI is InChI=1S/C14H22N2O4/c1-3-16-6-7-19-12(10-16)9-15-8-11-4-5-13(20-11)14(17)18-2/h4-5,12,15H,3,6-10H2,1-2H3. The van der Waals surface area contributed by atoms with Gasteiger partial charge < -0.3 is 19.2 Å². The van der Waals surface area contributed by atoms with E-state index in [4.69, 9.17) is 9.15 Å². The number of morpholine rings is 1. The third-order valence-electron chi connectivity index (χ3n) is 3.39. The van der Waals surface area contributed by atoms with Crippen molar-refractivity contribution < 1.29 is 18.7 Å². The molecule has 1 saturated heterocycles. The van der Waals surface area contributed by atoms with Crippen LogP contribution in [-0.4, -0.2) is 56.9 Å². The van der Waals surface area contributed by atoms with Gasteiger partial charge in [0.05, 0.1) is 26.4 Å². The minimum absolute atomic E-state index is 0.207. The molecule has 0 radical (unpaired) electrons. The van der Waals surface area contributed by atoms with E-state index >= 15 is 0 Å². The molecule has 0 bridgehead atoms. The van der Waals surface area contributed by atoms with Crippen molar-refractivity contribution in [3.63, 3.8) is 0 Å². The molecule has 6 nitrogen and oxygen atoms in total. The summed E-state index contributed by atoms with van der Waals surface area (Å²) in [6, 6.07) is 3.40. The minimum Gasteiger partial charge on any atom is -0.463 e. The maximum absolute atomic E-state index is 11.3. The van der Waals surface area contributed by atoms with E-state index in [1.54, 1.807) is 12.1 Å². The summed E-state index contributed by atoms with van der Waals surface area (Å²) >= 11 is 0. The number of carbonyl (C=O) groups excluding carboxylic acids is 1. The highest BCUT2D eigenvalue weighted by atomic mass is 16.5. The molecule has 20 heavy (non-hydrogen) atoms.